The van der Waals surface area contributed by atoms with Crippen molar-refractivity contribution >= 4 is 29.2 Å². The second-order valence-electron chi connectivity index (χ2n) is 5.27. The van der Waals surface area contributed by atoms with E-state index in [2.05, 4.69) is 9.98 Å². The fourth-order valence-corrected chi connectivity index (χ4v) is 2.26. The van der Waals surface area contributed by atoms with Crippen molar-refractivity contribution in [2.45, 2.75) is 6.92 Å². The highest BCUT2D eigenvalue weighted by molar-refractivity contribution is 6.00. The summed E-state index contributed by atoms with van der Waals surface area (Å²) in [6, 6.07) is 17.5. The maximum absolute atomic E-state index is 11.0. The lowest BCUT2D eigenvalue weighted by Gasteiger charge is -2.01. The summed E-state index contributed by atoms with van der Waals surface area (Å²) in [7, 11) is 0. The minimum Gasteiger partial charge on any atom is -0.447 e. The van der Waals surface area contributed by atoms with Crippen LogP contribution in [0, 0.1) is 10.1 Å². The molecule has 0 unspecified atom stereocenters. The first-order valence-corrected chi connectivity index (χ1v) is 7.60. The molecular formula is C19H15N3O3. The van der Waals surface area contributed by atoms with Gasteiger partial charge in [-0.15, -0.1) is 0 Å². The first-order valence-electron chi connectivity index (χ1n) is 7.60. The minimum atomic E-state index is -0.418. The Morgan fingerprint density at radius 1 is 1.08 bits per heavy atom. The fourth-order valence-electron chi connectivity index (χ4n) is 2.26. The normalized spacial score (nSPS) is 11.8. The molecule has 3 rings (SSSR count). The van der Waals surface area contributed by atoms with Gasteiger partial charge in [0.25, 0.3) is 5.69 Å². The van der Waals surface area contributed by atoms with Crippen molar-refractivity contribution in [3.05, 3.63) is 88.2 Å². The smallest absolute Gasteiger partial charge is 0.278 e. The SMILES string of the molecule is C/C(=N/c1ccco1)c1ccc(N=Cc2ccccc2[N+](=O)[O-])cc1. The van der Waals surface area contributed by atoms with Gasteiger partial charge in [-0.05, 0) is 36.8 Å². The van der Waals surface area contributed by atoms with Crippen molar-refractivity contribution in [3.63, 3.8) is 0 Å². The Kier molecular flexibility index (Phi) is 4.80. The second-order valence-corrected chi connectivity index (χ2v) is 5.27. The molecule has 6 nitrogen and oxygen atoms in total. The average Bonchev–Trinajstić information content (AvgIpc) is 3.13. The summed E-state index contributed by atoms with van der Waals surface area (Å²) in [5.74, 6) is 0.552. The molecule has 3 aromatic rings. The van der Waals surface area contributed by atoms with Crippen LogP contribution in [-0.2, 0) is 0 Å². The predicted molar refractivity (Wildman–Crippen MR) is 97.4 cm³/mol. The van der Waals surface area contributed by atoms with E-state index in [0.29, 0.717) is 17.1 Å². The zero-order valence-corrected chi connectivity index (χ0v) is 13.5. The molecule has 0 spiro atoms. The van der Waals surface area contributed by atoms with E-state index in [9.17, 15) is 10.1 Å². The second kappa shape index (κ2) is 7.35. The summed E-state index contributed by atoms with van der Waals surface area (Å²) in [5, 5.41) is 11.0. The van der Waals surface area contributed by atoms with Crippen LogP contribution in [0.15, 0.2) is 81.3 Å². The quantitative estimate of drug-likeness (QED) is 0.371. The lowest BCUT2D eigenvalue weighted by atomic mass is 10.1. The van der Waals surface area contributed by atoms with Crippen molar-refractivity contribution < 1.29 is 9.34 Å². The topological polar surface area (TPSA) is 81.0 Å². The molecule has 0 aliphatic heterocycles. The summed E-state index contributed by atoms with van der Waals surface area (Å²) in [6.07, 6.45) is 3.07. The van der Waals surface area contributed by atoms with Crippen LogP contribution in [0.2, 0.25) is 0 Å². The molecule has 1 aromatic heterocycles. The summed E-state index contributed by atoms with van der Waals surface area (Å²) >= 11 is 0. The van der Waals surface area contributed by atoms with E-state index in [1.807, 2.05) is 31.2 Å². The Morgan fingerprint density at radius 3 is 2.52 bits per heavy atom. The third-order valence-corrected chi connectivity index (χ3v) is 3.56. The number of nitro benzene ring substituents is 1. The van der Waals surface area contributed by atoms with Crippen molar-refractivity contribution in [1.29, 1.82) is 0 Å². The van der Waals surface area contributed by atoms with Gasteiger partial charge in [0.1, 0.15) is 0 Å². The Bertz CT molecular complexity index is 927. The van der Waals surface area contributed by atoms with Gasteiger partial charge in [0.2, 0.25) is 5.88 Å². The van der Waals surface area contributed by atoms with Crippen LogP contribution in [0.5, 0.6) is 0 Å². The molecule has 0 atom stereocenters. The van der Waals surface area contributed by atoms with Crippen LogP contribution in [0.4, 0.5) is 17.3 Å². The molecule has 0 aliphatic carbocycles. The molecule has 0 radical (unpaired) electrons. The molecule has 0 saturated carbocycles. The van der Waals surface area contributed by atoms with Crippen LogP contribution in [0.1, 0.15) is 18.1 Å². The molecule has 0 N–H and O–H groups in total. The van der Waals surface area contributed by atoms with E-state index in [1.165, 1.54) is 12.3 Å². The van der Waals surface area contributed by atoms with E-state index in [1.54, 1.807) is 36.6 Å². The largest absolute Gasteiger partial charge is 0.447 e. The zero-order chi connectivity index (χ0) is 17.6. The van der Waals surface area contributed by atoms with Gasteiger partial charge in [-0.3, -0.25) is 15.1 Å². The standard InChI is InChI=1S/C19H15N3O3/c1-14(21-19-7-4-12-25-19)15-8-10-17(11-9-15)20-13-16-5-2-3-6-18(16)22(23)24/h2-13H,1H3/b20-13?,21-14-. The Balaban J connectivity index is 1.78. The van der Waals surface area contributed by atoms with Crippen LogP contribution in [-0.4, -0.2) is 16.8 Å². The summed E-state index contributed by atoms with van der Waals surface area (Å²) in [4.78, 5) is 19.3. The van der Waals surface area contributed by atoms with Gasteiger partial charge in [0.05, 0.1) is 22.4 Å². The number of rotatable bonds is 5. The van der Waals surface area contributed by atoms with Crippen LogP contribution in [0.3, 0.4) is 0 Å². The summed E-state index contributed by atoms with van der Waals surface area (Å²) in [5.41, 5.74) is 2.97. The Morgan fingerprint density at radius 2 is 1.84 bits per heavy atom. The number of aliphatic imine (C=N–C) groups is 2. The monoisotopic (exact) mass is 333 g/mol. The highest BCUT2D eigenvalue weighted by Crippen LogP contribution is 2.19. The van der Waals surface area contributed by atoms with Gasteiger partial charge in [-0.25, -0.2) is 4.99 Å². The third kappa shape index (κ3) is 4.06. The number of hydrogen-bond acceptors (Lipinski definition) is 5. The maximum Gasteiger partial charge on any atom is 0.278 e. The average molecular weight is 333 g/mol. The fraction of sp³-hybridized carbons (Fsp3) is 0.0526. The van der Waals surface area contributed by atoms with E-state index >= 15 is 0 Å². The van der Waals surface area contributed by atoms with Gasteiger partial charge in [0, 0.05) is 24.1 Å². The van der Waals surface area contributed by atoms with Gasteiger partial charge in [-0.1, -0.05) is 24.3 Å². The van der Waals surface area contributed by atoms with Crippen molar-refractivity contribution in [1.82, 2.24) is 0 Å². The summed E-state index contributed by atoms with van der Waals surface area (Å²) in [6.45, 7) is 1.90. The molecule has 0 saturated heterocycles. The summed E-state index contributed by atoms with van der Waals surface area (Å²) < 4.78 is 5.20. The predicted octanol–water partition coefficient (Wildman–Crippen LogP) is 5.08. The van der Waals surface area contributed by atoms with E-state index in [-0.39, 0.29) is 5.69 Å². The molecule has 6 heteroatoms. The van der Waals surface area contributed by atoms with Gasteiger partial charge in [-0.2, -0.15) is 0 Å². The Labute approximate surface area is 144 Å². The highest BCUT2D eigenvalue weighted by Gasteiger charge is 2.09. The van der Waals surface area contributed by atoms with Crippen LogP contribution < -0.4 is 0 Å². The number of nitrogens with zero attached hydrogens (tertiary/aromatic N) is 3. The molecule has 2 aromatic carbocycles. The van der Waals surface area contributed by atoms with Gasteiger partial charge >= 0.3 is 0 Å². The minimum absolute atomic E-state index is 0.0318. The lowest BCUT2D eigenvalue weighted by Crippen LogP contribution is -1.94. The third-order valence-electron chi connectivity index (χ3n) is 3.56. The van der Waals surface area contributed by atoms with Crippen molar-refractivity contribution in [3.8, 4) is 0 Å². The van der Waals surface area contributed by atoms with Gasteiger partial charge < -0.3 is 4.42 Å². The number of furan rings is 1. The first-order chi connectivity index (χ1) is 12.1. The highest BCUT2D eigenvalue weighted by atomic mass is 16.6. The zero-order valence-electron chi connectivity index (χ0n) is 13.5. The molecule has 124 valence electrons. The number of para-hydroxylation sites is 1. The first kappa shape index (κ1) is 16.3. The van der Waals surface area contributed by atoms with Crippen molar-refractivity contribution in [2.75, 3.05) is 0 Å². The Hall–Kier alpha value is -3.54. The number of hydrogen-bond donors (Lipinski definition) is 0. The molecule has 25 heavy (non-hydrogen) atoms. The molecule has 0 amide bonds. The lowest BCUT2D eigenvalue weighted by molar-refractivity contribution is -0.385. The maximum atomic E-state index is 11.0. The molecular weight excluding hydrogens is 318 g/mol. The van der Waals surface area contributed by atoms with Crippen LogP contribution >= 0.6 is 0 Å². The molecule has 0 aliphatic rings. The van der Waals surface area contributed by atoms with E-state index in [4.69, 9.17) is 4.42 Å². The number of benzene rings is 2. The molecule has 1 heterocycles. The molecule has 0 bridgehead atoms. The van der Waals surface area contributed by atoms with Crippen molar-refractivity contribution in [2.24, 2.45) is 9.98 Å². The van der Waals surface area contributed by atoms with E-state index < -0.39 is 4.92 Å². The van der Waals surface area contributed by atoms with E-state index in [0.717, 1.165) is 11.3 Å². The van der Waals surface area contributed by atoms with Crippen LogP contribution in [0.25, 0.3) is 0 Å². The molecule has 0 fully saturated rings. The number of nitro groups is 1. The van der Waals surface area contributed by atoms with Gasteiger partial charge in [0.15, 0.2) is 0 Å².